The van der Waals surface area contributed by atoms with Crippen molar-refractivity contribution in [2.24, 2.45) is 0 Å². The number of nitrogen functional groups attached to an aromatic ring is 1. The number of anilines is 2. The molecular weight excluding hydrogens is 396 g/mol. The Morgan fingerprint density at radius 3 is 1.78 bits per heavy atom. The lowest BCUT2D eigenvalue weighted by Gasteiger charge is -2.07. The van der Waals surface area contributed by atoms with Gasteiger partial charge < -0.3 is 16.2 Å². The van der Waals surface area contributed by atoms with Crippen LogP contribution in [0.3, 0.4) is 0 Å². The molecule has 9 nitrogen and oxygen atoms in total. The second kappa shape index (κ2) is 9.69. The molecule has 0 spiro atoms. The molecule has 0 saturated carbocycles. The van der Waals surface area contributed by atoms with Gasteiger partial charge in [0.2, 0.25) is 25.7 Å². The Morgan fingerprint density at radius 1 is 1.00 bits per heavy atom. The molecule has 2 rings (SSSR count). The lowest BCUT2D eigenvalue weighted by molar-refractivity contribution is -0.134. The fourth-order valence-corrected chi connectivity index (χ4v) is 2.97. The summed E-state index contributed by atoms with van der Waals surface area (Å²) in [6, 6.07) is 11.8. The van der Waals surface area contributed by atoms with Crippen molar-refractivity contribution >= 4 is 43.0 Å². The summed E-state index contributed by atoms with van der Waals surface area (Å²) in [4.78, 5) is 20.3. The second-order valence-corrected chi connectivity index (χ2v) is 8.21. The van der Waals surface area contributed by atoms with Crippen LogP contribution in [0.1, 0.15) is 6.92 Å². The number of benzene rings is 2. The number of carbonyl (C=O) groups is 2. The maximum atomic E-state index is 12.4. The monoisotopic (exact) mass is 414 g/mol. The third kappa shape index (κ3) is 7.07. The van der Waals surface area contributed by atoms with Crippen molar-refractivity contribution in [3.63, 3.8) is 0 Å². The predicted molar refractivity (Wildman–Crippen MR) is 99.9 cm³/mol. The normalized spacial score (nSPS) is 10.6. The number of hydrogen-bond donors (Lipinski definition) is 4. The molecule has 0 unspecified atom stereocenters. The minimum absolute atomic E-state index is 0.133. The summed E-state index contributed by atoms with van der Waals surface area (Å²) < 4.78 is 43.5. The fraction of sp³-hybridized carbons (Fsp3) is 0.125. The maximum Gasteiger partial charge on any atom is 0.322 e. The molecule has 2 aromatic carbocycles. The van der Waals surface area contributed by atoms with Gasteiger partial charge in [-0.3, -0.25) is 9.59 Å². The van der Waals surface area contributed by atoms with Gasteiger partial charge in [0, 0.05) is 18.3 Å². The van der Waals surface area contributed by atoms with Crippen LogP contribution in [0, 0.1) is 0 Å². The van der Waals surface area contributed by atoms with Crippen molar-refractivity contribution < 1.29 is 31.5 Å². The van der Waals surface area contributed by atoms with E-state index in [4.69, 9.17) is 10.8 Å². The van der Waals surface area contributed by atoms with Gasteiger partial charge in [-0.1, -0.05) is 0 Å². The molecule has 0 bridgehead atoms. The van der Waals surface area contributed by atoms with Crippen molar-refractivity contribution in [2.75, 3.05) is 17.6 Å². The topological polar surface area (TPSA) is 161 Å². The zero-order chi connectivity index (χ0) is 20.6. The minimum atomic E-state index is -3.60. The quantitative estimate of drug-likeness (QED) is 0.408. The number of carbonyl (C=O) groups excluding carboxylic acids is 1. The first-order valence-electron chi connectivity index (χ1n) is 7.35. The van der Waals surface area contributed by atoms with Gasteiger partial charge in [0.1, 0.15) is 6.54 Å². The van der Waals surface area contributed by atoms with Crippen LogP contribution >= 0.6 is 0 Å². The summed E-state index contributed by atoms with van der Waals surface area (Å²) in [5.74, 6) is -0.992. The van der Waals surface area contributed by atoms with Crippen molar-refractivity contribution in [2.45, 2.75) is 16.7 Å². The third-order valence-corrected chi connectivity index (χ3v) is 5.36. The van der Waals surface area contributed by atoms with Gasteiger partial charge in [0.25, 0.3) is 0 Å². The van der Waals surface area contributed by atoms with Crippen LogP contribution in [0.2, 0.25) is 0 Å². The maximum absolute atomic E-state index is 12.4. The van der Waals surface area contributed by atoms with Crippen molar-refractivity contribution in [3.05, 3.63) is 48.5 Å². The number of nitrogens with one attached hydrogen (secondary N) is 1. The number of carboxylic acids is 1. The first-order chi connectivity index (χ1) is 12.5. The van der Waals surface area contributed by atoms with E-state index in [9.17, 15) is 26.4 Å². The third-order valence-electron chi connectivity index (χ3n) is 3.06. The Hall–Kier alpha value is -2.92. The summed E-state index contributed by atoms with van der Waals surface area (Å²) in [5.41, 5.74) is 6.56. The molecule has 0 atom stereocenters. The van der Waals surface area contributed by atoms with E-state index in [-0.39, 0.29) is 16.3 Å². The van der Waals surface area contributed by atoms with Crippen LogP contribution in [-0.4, -0.2) is 39.6 Å². The van der Waals surface area contributed by atoms with Crippen LogP contribution in [-0.2, 0) is 30.1 Å². The minimum Gasteiger partial charge on any atom is -0.480 e. The number of hydrogen-bond acceptors (Lipinski definition) is 8. The van der Waals surface area contributed by atoms with E-state index < -0.39 is 31.6 Å². The highest BCUT2D eigenvalue weighted by Gasteiger charge is 2.17. The Kier molecular flexibility index (Phi) is 7.94. The zero-order valence-electron chi connectivity index (χ0n) is 14.2. The first-order valence-corrected chi connectivity index (χ1v) is 10.0. The Bertz CT molecular complexity index is 972. The van der Waals surface area contributed by atoms with Gasteiger partial charge >= 0.3 is 5.97 Å². The number of thiol groups is 1. The van der Waals surface area contributed by atoms with Crippen molar-refractivity contribution in [3.8, 4) is 0 Å². The highest BCUT2D eigenvalue weighted by atomic mass is 32.2. The molecule has 0 aliphatic heterocycles. The molecule has 0 heterocycles. The standard InChI is InChI=1S/C14H14N2O4S.C2H4O3S/c15-10-1-5-12(6-2-10)21(19,20)13-7-3-11(4-8-13)16-9-14(17)18;1-2(3)6(4)5/h1-8,16H,9,15H2,(H,17,18);6H,1H3. The van der Waals surface area contributed by atoms with Crippen molar-refractivity contribution in [1.29, 1.82) is 0 Å². The van der Waals surface area contributed by atoms with Crippen LogP contribution in [0.15, 0.2) is 58.3 Å². The lowest BCUT2D eigenvalue weighted by Crippen LogP contribution is -2.12. The molecular formula is C16H18N2O7S2. The van der Waals surface area contributed by atoms with Crippen LogP contribution in [0.5, 0.6) is 0 Å². The van der Waals surface area contributed by atoms with Gasteiger partial charge in [-0.15, -0.1) is 0 Å². The Labute approximate surface area is 157 Å². The van der Waals surface area contributed by atoms with Crippen LogP contribution < -0.4 is 11.1 Å². The summed E-state index contributed by atoms with van der Waals surface area (Å²) in [6.07, 6.45) is 0. The van der Waals surface area contributed by atoms with E-state index in [1.165, 1.54) is 48.5 Å². The molecule has 0 saturated heterocycles. The Balaban J connectivity index is 0.000000527. The van der Waals surface area contributed by atoms with Crippen LogP contribution in [0.4, 0.5) is 11.4 Å². The average molecular weight is 414 g/mol. The van der Waals surface area contributed by atoms with Crippen LogP contribution in [0.25, 0.3) is 0 Å². The number of carboxylic acid groups (broad SMARTS) is 1. The lowest BCUT2D eigenvalue weighted by atomic mass is 10.3. The predicted octanol–water partition coefficient (Wildman–Crippen LogP) is 0.742. The molecule has 11 heteroatoms. The van der Waals surface area contributed by atoms with Gasteiger partial charge in [-0.2, -0.15) is 0 Å². The molecule has 0 aliphatic carbocycles. The summed E-state index contributed by atoms with van der Waals surface area (Å²) >= 11 is 0. The first kappa shape index (κ1) is 22.1. The fourth-order valence-electron chi connectivity index (χ4n) is 1.71. The molecule has 2 aromatic rings. The number of rotatable bonds is 5. The number of sulfone groups is 1. The van der Waals surface area contributed by atoms with E-state index >= 15 is 0 Å². The van der Waals surface area contributed by atoms with E-state index in [0.717, 1.165) is 6.92 Å². The van der Waals surface area contributed by atoms with Gasteiger partial charge in [-0.25, -0.2) is 16.8 Å². The van der Waals surface area contributed by atoms with Gasteiger partial charge in [-0.05, 0) is 48.5 Å². The molecule has 0 radical (unpaired) electrons. The van der Waals surface area contributed by atoms with Gasteiger partial charge in [0.15, 0.2) is 0 Å². The summed E-state index contributed by atoms with van der Waals surface area (Å²) in [5, 5.41) is 10.4. The summed E-state index contributed by atoms with van der Waals surface area (Å²) in [6.45, 7) is 0.774. The highest BCUT2D eigenvalue weighted by molar-refractivity contribution is 7.91. The Morgan fingerprint density at radius 2 is 1.41 bits per heavy atom. The van der Waals surface area contributed by atoms with E-state index in [2.05, 4.69) is 5.32 Å². The van der Waals surface area contributed by atoms with E-state index in [1.54, 1.807) is 0 Å². The largest absolute Gasteiger partial charge is 0.480 e. The molecule has 0 amide bonds. The number of nitrogens with two attached hydrogens (primary N) is 1. The zero-order valence-corrected chi connectivity index (χ0v) is 15.9. The molecule has 27 heavy (non-hydrogen) atoms. The molecule has 0 aliphatic rings. The van der Waals surface area contributed by atoms with E-state index in [0.29, 0.717) is 11.4 Å². The molecule has 4 N–H and O–H groups in total. The van der Waals surface area contributed by atoms with Crippen molar-refractivity contribution in [1.82, 2.24) is 0 Å². The molecule has 0 fully saturated rings. The van der Waals surface area contributed by atoms with Gasteiger partial charge in [0.05, 0.1) is 9.79 Å². The molecule has 0 aromatic heterocycles. The molecule has 146 valence electrons. The SMILES string of the molecule is CC(=O)[SH](=O)=O.Nc1ccc(S(=O)(=O)c2ccc(NCC(=O)O)cc2)cc1. The second-order valence-electron chi connectivity index (χ2n) is 5.12. The summed E-state index contributed by atoms with van der Waals surface area (Å²) in [7, 11) is -6.40. The van der Waals surface area contributed by atoms with E-state index in [1.807, 2.05) is 0 Å². The average Bonchev–Trinajstić information content (AvgIpc) is 2.61. The smallest absolute Gasteiger partial charge is 0.322 e. The highest BCUT2D eigenvalue weighted by Crippen LogP contribution is 2.23. The number of aliphatic carboxylic acids is 1.